The Balaban J connectivity index is 2.88. The van der Waals surface area contributed by atoms with E-state index in [2.05, 4.69) is 43.0 Å². The number of nitrogens with one attached hydrogen (secondary N) is 1. The molecule has 102 valence electrons. The maximum absolute atomic E-state index is 5.85. The van der Waals surface area contributed by atoms with Crippen LogP contribution in [0.2, 0.25) is 0 Å². The van der Waals surface area contributed by atoms with Gasteiger partial charge in [0.05, 0.1) is 0 Å². The molecule has 1 aromatic rings. The number of aromatic nitrogens is 2. The third-order valence-electron chi connectivity index (χ3n) is 2.95. The van der Waals surface area contributed by atoms with E-state index in [-0.39, 0.29) is 0 Å². The van der Waals surface area contributed by atoms with Crippen molar-refractivity contribution >= 4 is 17.4 Å². The van der Waals surface area contributed by atoms with Gasteiger partial charge in [0, 0.05) is 29.6 Å². The van der Waals surface area contributed by atoms with Crippen molar-refractivity contribution in [1.29, 1.82) is 0 Å². The molecule has 0 radical (unpaired) electrons. The highest BCUT2D eigenvalue weighted by molar-refractivity contribution is 6.17. The van der Waals surface area contributed by atoms with Crippen molar-refractivity contribution in [2.24, 2.45) is 5.92 Å². The quantitative estimate of drug-likeness (QED) is 0.794. The van der Waals surface area contributed by atoms with E-state index in [1.54, 1.807) is 0 Å². The minimum atomic E-state index is 0.343. The average molecular weight is 270 g/mol. The van der Waals surface area contributed by atoms with Crippen LogP contribution in [0.3, 0.4) is 0 Å². The number of anilines is 1. The standard InChI is InChI=1S/C14H24ClN3/c1-9(2)12(6-7-15)17-13-8-11(5)16-14(18-13)10(3)4/h8-10,12H,6-7H2,1-5H3,(H,16,17,18). The Bertz CT molecular complexity index is 377. The molecule has 0 spiro atoms. The summed E-state index contributed by atoms with van der Waals surface area (Å²) in [6.07, 6.45) is 0.944. The summed E-state index contributed by atoms with van der Waals surface area (Å²) in [6.45, 7) is 10.6. The Hall–Kier alpha value is -0.830. The Morgan fingerprint density at radius 1 is 1.22 bits per heavy atom. The van der Waals surface area contributed by atoms with Crippen molar-refractivity contribution < 1.29 is 0 Å². The lowest BCUT2D eigenvalue weighted by atomic mass is 10.0. The fraction of sp³-hybridized carbons (Fsp3) is 0.714. The molecule has 1 unspecified atom stereocenters. The Kier molecular flexibility index (Phi) is 5.86. The van der Waals surface area contributed by atoms with Crippen molar-refractivity contribution in [1.82, 2.24) is 9.97 Å². The van der Waals surface area contributed by atoms with Gasteiger partial charge >= 0.3 is 0 Å². The number of rotatable bonds is 6. The van der Waals surface area contributed by atoms with Crippen LogP contribution in [0.25, 0.3) is 0 Å². The second-order valence-electron chi connectivity index (χ2n) is 5.38. The van der Waals surface area contributed by atoms with Gasteiger partial charge in [0.15, 0.2) is 0 Å². The number of halogens is 1. The lowest BCUT2D eigenvalue weighted by Gasteiger charge is -2.22. The first kappa shape index (κ1) is 15.2. The van der Waals surface area contributed by atoms with Gasteiger partial charge in [0.1, 0.15) is 11.6 Å². The Morgan fingerprint density at radius 3 is 2.39 bits per heavy atom. The highest BCUT2D eigenvalue weighted by Gasteiger charge is 2.14. The summed E-state index contributed by atoms with van der Waals surface area (Å²) >= 11 is 5.85. The highest BCUT2D eigenvalue weighted by Crippen LogP contribution is 2.17. The van der Waals surface area contributed by atoms with Crippen LogP contribution < -0.4 is 5.32 Å². The van der Waals surface area contributed by atoms with E-state index in [4.69, 9.17) is 11.6 Å². The van der Waals surface area contributed by atoms with E-state index in [0.717, 1.165) is 23.8 Å². The molecule has 1 atom stereocenters. The first-order valence-electron chi connectivity index (χ1n) is 6.62. The smallest absolute Gasteiger partial charge is 0.133 e. The molecule has 0 aliphatic heterocycles. The van der Waals surface area contributed by atoms with Crippen molar-refractivity contribution in [2.75, 3.05) is 11.2 Å². The summed E-state index contributed by atoms with van der Waals surface area (Å²) in [5, 5.41) is 3.48. The number of hydrogen-bond donors (Lipinski definition) is 1. The van der Waals surface area contributed by atoms with Gasteiger partial charge in [-0.1, -0.05) is 27.7 Å². The van der Waals surface area contributed by atoms with Crippen LogP contribution in [0.4, 0.5) is 5.82 Å². The van der Waals surface area contributed by atoms with Gasteiger partial charge < -0.3 is 5.32 Å². The van der Waals surface area contributed by atoms with Crippen molar-refractivity contribution in [3.63, 3.8) is 0 Å². The van der Waals surface area contributed by atoms with Crippen LogP contribution in [-0.2, 0) is 0 Å². The zero-order chi connectivity index (χ0) is 13.7. The second-order valence-corrected chi connectivity index (χ2v) is 5.76. The van der Waals surface area contributed by atoms with Crippen LogP contribution in [0.5, 0.6) is 0 Å². The molecule has 1 heterocycles. The first-order valence-corrected chi connectivity index (χ1v) is 7.15. The number of nitrogens with zero attached hydrogens (tertiary/aromatic N) is 2. The predicted octanol–water partition coefficient (Wildman–Crippen LogP) is 3.97. The van der Waals surface area contributed by atoms with Gasteiger partial charge in [-0.25, -0.2) is 9.97 Å². The summed E-state index contributed by atoms with van der Waals surface area (Å²) in [7, 11) is 0. The third-order valence-corrected chi connectivity index (χ3v) is 3.16. The van der Waals surface area contributed by atoms with Gasteiger partial charge in [-0.15, -0.1) is 11.6 Å². The lowest BCUT2D eigenvalue weighted by Crippen LogP contribution is -2.27. The van der Waals surface area contributed by atoms with Crippen molar-refractivity contribution in [3.05, 3.63) is 17.6 Å². The number of aryl methyl sites for hydroxylation is 1. The SMILES string of the molecule is Cc1cc(NC(CCCl)C(C)C)nc(C(C)C)n1. The molecule has 0 aromatic carbocycles. The fourth-order valence-corrected chi connectivity index (χ4v) is 2.04. The molecule has 0 amide bonds. The van der Waals surface area contributed by atoms with Crippen molar-refractivity contribution in [2.45, 2.75) is 53.0 Å². The van der Waals surface area contributed by atoms with E-state index in [1.165, 1.54) is 0 Å². The van der Waals surface area contributed by atoms with E-state index >= 15 is 0 Å². The molecule has 0 saturated heterocycles. The molecule has 0 saturated carbocycles. The zero-order valence-corrected chi connectivity index (χ0v) is 12.8. The van der Waals surface area contributed by atoms with E-state index in [0.29, 0.717) is 23.8 Å². The lowest BCUT2D eigenvalue weighted by molar-refractivity contribution is 0.511. The molecule has 0 bridgehead atoms. The molecule has 0 aliphatic carbocycles. The first-order chi connectivity index (χ1) is 8.43. The van der Waals surface area contributed by atoms with Crippen LogP contribution in [0.1, 0.15) is 51.6 Å². The average Bonchev–Trinajstić information content (AvgIpc) is 2.27. The van der Waals surface area contributed by atoms with E-state index < -0.39 is 0 Å². The Labute approximate surface area is 115 Å². The number of alkyl halides is 1. The minimum Gasteiger partial charge on any atom is -0.367 e. The largest absolute Gasteiger partial charge is 0.367 e. The molecule has 1 N–H and O–H groups in total. The van der Waals surface area contributed by atoms with Gasteiger partial charge in [-0.2, -0.15) is 0 Å². The Morgan fingerprint density at radius 2 is 1.89 bits per heavy atom. The summed E-state index contributed by atoms with van der Waals surface area (Å²) in [4.78, 5) is 9.03. The molecule has 0 fully saturated rings. The normalized spacial score (nSPS) is 13.1. The molecule has 4 heteroatoms. The summed E-state index contributed by atoms with van der Waals surface area (Å²) in [5.41, 5.74) is 1.00. The van der Waals surface area contributed by atoms with Gasteiger partial charge in [0.25, 0.3) is 0 Å². The highest BCUT2D eigenvalue weighted by atomic mass is 35.5. The van der Waals surface area contributed by atoms with E-state index in [9.17, 15) is 0 Å². The third kappa shape index (κ3) is 4.45. The second kappa shape index (κ2) is 6.93. The molecule has 3 nitrogen and oxygen atoms in total. The van der Waals surface area contributed by atoms with E-state index in [1.807, 2.05) is 13.0 Å². The molecule has 1 rings (SSSR count). The molecule has 1 aromatic heterocycles. The maximum Gasteiger partial charge on any atom is 0.133 e. The maximum atomic E-state index is 5.85. The van der Waals surface area contributed by atoms with Gasteiger partial charge in [-0.05, 0) is 19.3 Å². The van der Waals surface area contributed by atoms with Gasteiger partial charge in [0.2, 0.25) is 0 Å². The fourth-order valence-electron chi connectivity index (χ4n) is 1.80. The molecule has 0 aliphatic rings. The molecular formula is C14H24ClN3. The summed E-state index contributed by atoms with van der Waals surface area (Å²) in [6, 6.07) is 2.35. The van der Waals surface area contributed by atoms with Crippen LogP contribution in [0.15, 0.2) is 6.07 Å². The molecular weight excluding hydrogens is 246 g/mol. The van der Waals surface area contributed by atoms with Gasteiger partial charge in [-0.3, -0.25) is 0 Å². The zero-order valence-electron chi connectivity index (χ0n) is 12.0. The van der Waals surface area contributed by atoms with Crippen LogP contribution >= 0.6 is 11.6 Å². The molecule has 18 heavy (non-hydrogen) atoms. The number of hydrogen-bond acceptors (Lipinski definition) is 3. The minimum absolute atomic E-state index is 0.343. The summed E-state index contributed by atoms with van der Waals surface area (Å²) < 4.78 is 0. The predicted molar refractivity (Wildman–Crippen MR) is 78.4 cm³/mol. The summed E-state index contributed by atoms with van der Waals surface area (Å²) in [5.74, 6) is 3.34. The van der Waals surface area contributed by atoms with Crippen molar-refractivity contribution in [3.8, 4) is 0 Å². The monoisotopic (exact) mass is 269 g/mol. The topological polar surface area (TPSA) is 37.8 Å². The van der Waals surface area contributed by atoms with Crippen LogP contribution in [0, 0.1) is 12.8 Å². The van der Waals surface area contributed by atoms with Crippen LogP contribution in [-0.4, -0.2) is 21.9 Å².